The first kappa shape index (κ1) is 13.6. The molecule has 1 aliphatic heterocycles. The van der Waals surface area contributed by atoms with Gasteiger partial charge < -0.3 is 4.57 Å². The van der Waals surface area contributed by atoms with Crippen molar-refractivity contribution in [2.24, 2.45) is 0 Å². The average Bonchev–Trinajstić information content (AvgIpc) is 3.11. The van der Waals surface area contributed by atoms with Crippen LogP contribution in [0.5, 0.6) is 0 Å². The Bertz CT molecular complexity index is 773. The van der Waals surface area contributed by atoms with Crippen LogP contribution in [0.4, 0.5) is 0 Å². The van der Waals surface area contributed by atoms with Crippen molar-refractivity contribution in [1.29, 1.82) is 0 Å². The van der Waals surface area contributed by atoms with E-state index in [9.17, 15) is 0 Å². The second-order valence-corrected chi connectivity index (χ2v) is 6.38. The molecule has 4 rings (SSSR count). The quantitative estimate of drug-likeness (QED) is 0.694. The van der Waals surface area contributed by atoms with Gasteiger partial charge in [-0.2, -0.15) is 0 Å². The Balaban J connectivity index is 1.56. The molecule has 1 saturated heterocycles. The number of benzene rings is 2. The summed E-state index contributed by atoms with van der Waals surface area (Å²) >= 11 is 0. The van der Waals surface area contributed by atoms with E-state index in [4.69, 9.17) is 0 Å². The molecule has 0 aliphatic carbocycles. The SMILES string of the molecule is Cc1cc2ccccc2n1[C@H]1CCN(Cc2ccccc2)C1. The number of aryl methyl sites for hydroxylation is 1. The maximum atomic E-state index is 2.58. The van der Waals surface area contributed by atoms with Gasteiger partial charge in [0.2, 0.25) is 0 Å². The summed E-state index contributed by atoms with van der Waals surface area (Å²) in [6.45, 7) is 5.63. The van der Waals surface area contributed by atoms with Gasteiger partial charge >= 0.3 is 0 Å². The number of rotatable bonds is 3. The molecule has 0 amide bonds. The van der Waals surface area contributed by atoms with Crippen LogP contribution in [0.3, 0.4) is 0 Å². The fraction of sp³-hybridized carbons (Fsp3) is 0.300. The summed E-state index contributed by atoms with van der Waals surface area (Å²) in [6.07, 6.45) is 1.24. The van der Waals surface area contributed by atoms with Gasteiger partial charge in [-0.3, -0.25) is 4.90 Å². The summed E-state index contributed by atoms with van der Waals surface area (Å²) < 4.78 is 2.54. The van der Waals surface area contributed by atoms with Crippen molar-refractivity contribution >= 4 is 10.9 Å². The van der Waals surface area contributed by atoms with Crippen LogP contribution in [0, 0.1) is 6.92 Å². The summed E-state index contributed by atoms with van der Waals surface area (Å²) in [5.41, 5.74) is 4.18. The molecular weight excluding hydrogens is 268 g/mol. The number of aromatic nitrogens is 1. The molecule has 2 heterocycles. The summed E-state index contributed by atoms with van der Waals surface area (Å²) in [5.74, 6) is 0. The smallest absolute Gasteiger partial charge is 0.0485 e. The lowest BCUT2D eigenvalue weighted by molar-refractivity contribution is 0.317. The largest absolute Gasteiger partial charge is 0.340 e. The highest BCUT2D eigenvalue weighted by atomic mass is 15.2. The number of likely N-dealkylation sites (tertiary alicyclic amines) is 1. The van der Waals surface area contributed by atoms with Gasteiger partial charge in [0.1, 0.15) is 0 Å². The summed E-state index contributed by atoms with van der Waals surface area (Å²) in [5, 5.41) is 1.36. The van der Waals surface area contributed by atoms with E-state index in [2.05, 4.69) is 77.1 Å². The lowest BCUT2D eigenvalue weighted by Gasteiger charge is -2.19. The lowest BCUT2D eigenvalue weighted by Crippen LogP contribution is -2.21. The zero-order chi connectivity index (χ0) is 14.9. The van der Waals surface area contributed by atoms with Crippen molar-refractivity contribution < 1.29 is 0 Å². The first-order valence-corrected chi connectivity index (χ1v) is 8.14. The van der Waals surface area contributed by atoms with Gasteiger partial charge in [-0.05, 0) is 36.4 Å². The minimum atomic E-state index is 0.601. The standard InChI is InChI=1S/C20H22N2/c1-16-13-18-9-5-6-10-20(18)22(16)19-11-12-21(15-19)14-17-7-3-2-4-8-17/h2-10,13,19H,11-12,14-15H2,1H3/t19-/m0/s1. The van der Waals surface area contributed by atoms with Gasteiger partial charge in [-0.15, -0.1) is 0 Å². The fourth-order valence-corrected chi connectivity index (χ4v) is 3.81. The van der Waals surface area contributed by atoms with E-state index >= 15 is 0 Å². The van der Waals surface area contributed by atoms with Crippen molar-refractivity contribution in [2.75, 3.05) is 13.1 Å². The monoisotopic (exact) mass is 290 g/mol. The Morgan fingerprint density at radius 1 is 1.00 bits per heavy atom. The molecule has 2 nitrogen and oxygen atoms in total. The average molecular weight is 290 g/mol. The molecule has 0 unspecified atom stereocenters. The van der Waals surface area contributed by atoms with E-state index in [1.165, 1.54) is 35.1 Å². The Morgan fingerprint density at radius 3 is 2.64 bits per heavy atom. The lowest BCUT2D eigenvalue weighted by atomic mass is 10.2. The Kier molecular flexibility index (Phi) is 3.47. The van der Waals surface area contributed by atoms with Gasteiger partial charge in [0.15, 0.2) is 0 Å². The predicted octanol–water partition coefficient (Wildman–Crippen LogP) is 4.40. The molecule has 3 aromatic rings. The Morgan fingerprint density at radius 2 is 1.77 bits per heavy atom. The molecule has 0 saturated carbocycles. The third kappa shape index (κ3) is 2.44. The molecular formula is C20H22N2. The van der Waals surface area contributed by atoms with Crippen LogP contribution < -0.4 is 0 Å². The molecule has 1 aromatic heterocycles. The van der Waals surface area contributed by atoms with Gasteiger partial charge in [0, 0.05) is 36.9 Å². The summed E-state index contributed by atoms with van der Waals surface area (Å²) in [4.78, 5) is 2.58. The molecule has 0 radical (unpaired) electrons. The van der Waals surface area contributed by atoms with Crippen LogP contribution in [-0.4, -0.2) is 22.6 Å². The van der Waals surface area contributed by atoms with E-state index < -0.39 is 0 Å². The molecule has 2 heteroatoms. The summed E-state index contributed by atoms with van der Waals surface area (Å²) in [6, 6.07) is 22.5. The normalized spacial score (nSPS) is 19.0. The molecule has 22 heavy (non-hydrogen) atoms. The molecule has 0 bridgehead atoms. The number of hydrogen-bond acceptors (Lipinski definition) is 1. The Labute approximate surface area is 132 Å². The third-order valence-corrected chi connectivity index (χ3v) is 4.80. The minimum absolute atomic E-state index is 0.601. The van der Waals surface area contributed by atoms with Crippen molar-refractivity contribution in [1.82, 2.24) is 9.47 Å². The van der Waals surface area contributed by atoms with Crippen LogP contribution in [0.1, 0.15) is 23.7 Å². The first-order valence-electron chi connectivity index (χ1n) is 8.14. The van der Waals surface area contributed by atoms with Crippen LogP contribution in [0.15, 0.2) is 60.7 Å². The van der Waals surface area contributed by atoms with Gasteiger partial charge in [-0.25, -0.2) is 0 Å². The van der Waals surface area contributed by atoms with Crippen LogP contribution in [0.25, 0.3) is 10.9 Å². The van der Waals surface area contributed by atoms with Crippen molar-refractivity contribution in [2.45, 2.75) is 25.9 Å². The first-order chi connectivity index (χ1) is 10.8. The number of nitrogens with zero attached hydrogens (tertiary/aromatic N) is 2. The highest BCUT2D eigenvalue weighted by molar-refractivity contribution is 5.81. The predicted molar refractivity (Wildman–Crippen MR) is 92.0 cm³/mol. The maximum Gasteiger partial charge on any atom is 0.0485 e. The molecule has 112 valence electrons. The van der Waals surface area contributed by atoms with E-state index in [1.54, 1.807) is 0 Å². The topological polar surface area (TPSA) is 8.17 Å². The molecule has 1 atom stereocenters. The minimum Gasteiger partial charge on any atom is -0.340 e. The van der Waals surface area contributed by atoms with E-state index in [1.807, 2.05) is 0 Å². The van der Waals surface area contributed by atoms with Crippen molar-refractivity contribution in [3.8, 4) is 0 Å². The maximum absolute atomic E-state index is 2.58. The van der Waals surface area contributed by atoms with Gasteiger partial charge in [0.05, 0.1) is 0 Å². The number of para-hydroxylation sites is 1. The van der Waals surface area contributed by atoms with E-state index in [0.717, 1.165) is 13.1 Å². The van der Waals surface area contributed by atoms with Gasteiger partial charge in [0.25, 0.3) is 0 Å². The van der Waals surface area contributed by atoms with Crippen molar-refractivity contribution in [3.05, 3.63) is 71.9 Å². The zero-order valence-corrected chi connectivity index (χ0v) is 13.1. The fourth-order valence-electron chi connectivity index (χ4n) is 3.81. The van der Waals surface area contributed by atoms with Crippen LogP contribution in [0.2, 0.25) is 0 Å². The molecule has 0 spiro atoms. The zero-order valence-electron chi connectivity index (χ0n) is 13.1. The molecule has 2 aromatic carbocycles. The van der Waals surface area contributed by atoms with Crippen molar-refractivity contribution in [3.63, 3.8) is 0 Å². The van der Waals surface area contributed by atoms with Gasteiger partial charge in [-0.1, -0.05) is 48.5 Å². The molecule has 1 aliphatic rings. The van der Waals surface area contributed by atoms with E-state index in [0.29, 0.717) is 6.04 Å². The highest BCUT2D eigenvalue weighted by Gasteiger charge is 2.25. The van der Waals surface area contributed by atoms with E-state index in [-0.39, 0.29) is 0 Å². The second-order valence-electron chi connectivity index (χ2n) is 6.38. The summed E-state index contributed by atoms with van der Waals surface area (Å²) in [7, 11) is 0. The third-order valence-electron chi connectivity index (χ3n) is 4.80. The highest BCUT2D eigenvalue weighted by Crippen LogP contribution is 2.30. The number of fused-ring (bicyclic) bond motifs is 1. The molecule has 1 fully saturated rings. The molecule has 0 N–H and O–H groups in total. The second kappa shape index (κ2) is 5.62. The van der Waals surface area contributed by atoms with Crippen LogP contribution in [-0.2, 0) is 6.54 Å². The number of hydrogen-bond donors (Lipinski definition) is 0. The Hall–Kier alpha value is -2.06. The van der Waals surface area contributed by atoms with Crippen LogP contribution >= 0.6 is 0 Å².